The van der Waals surface area contributed by atoms with Crippen LogP contribution in [0.15, 0.2) is 194 Å². The van der Waals surface area contributed by atoms with Gasteiger partial charge in [0.2, 0.25) is 0 Å². The highest BCUT2D eigenvalue weighted by Crippen LogP contribution is 2.64. The first-order valence-corrected chi connectivity index (χ1v) is 41.4. The van der Waals surface area contributed by atoms with Gasteiger partial charge in [-0.3, -0.25) is 14.4 Å². The molecular weight excluding hydrogens is 1930 g/mol. The largest absolute Gasteiger partial charge is 0.460 e. The van der Waals surface area contributed by atoms with Gasteiger partial charge in [0, 0.05) is 13.0 Å². The predicted molar refractivity (Wildman–Crippen MR) is 428 cm³/mol. The van der Waals surface area contributed by atoms with Crippen LogP contribution in [-0.4, -0.2) is 213 Å². The van der Waals surface area contributed by atoms with Crippen molar-refractivity contribution in [3.63, 3.8) is 0 Å². The minimum Gasteiger partial charge on any atom is -0.394 e. The van der Waals surface area contributed by atoms with Crippen molar-refractivity contribution in [2.75, 3.05) is 39.6 Å². The van der Waals surface area contributed by atoms with E-state index < -0.39 is 221 Å². The summed E-state index contributed by atoms with van der Waals surface area (Å²) in [6.45, 7) is -6.46. The fourth-order valence-electron chi connectivity index (χ4n) is 13.1. The molecule has 6 aromatic rings. The van der Waals surface area contributed by atoms with Crippen molar-refractivity contribution < 1.29 is 156 Å². The molecule has 0 unspecified atom stereocenters. The van der Waals surface area contributed by atoms with Crippen molar-refractivity contribution in [3.8, 4) is 0 Å². The van der Waals surface area contributed by atoms with Crippen LogP contribution in [0.1, 0.15) is 46.2 Å². The smallest absolute Gasteiger partial charge is 0.394 e. The second-order valence-corrected chi connectivity index (χ2v) is 35.5. The van der Waals surface area contributed by atoms with E-state index in [0.717, 1.165) is 12.2 Å². The molecule has 3 fully saturated rings. The Morgan fingerprint density at radius 1 is 0.331 bits per heavy atom. The number of hydrogen-bond donors (Lipinski definition) is 4. The molecule has 46 heteroatoms. The monoisotopic (exact) mass is 2000 g/mol. The van der Waals surface area contributed by atoms with Gasteiger partial charge in [-0.2, -0.15) is 74.6 Å². The van der Waals surface area contributed by atoms with Gasteiger partial charge in [0.1, 0.15) is 73.1 Å². The fourth-order valence-corrected chi connectivity index (χ4v) is 13.6. The number of alkyl halides is 26. The molecule has 3 heterocycles. The van der Waals surface area contributed by atoms with Crippen LogP contribution in [0, 0.1) is 0 Å². The van der Waals surface area contributed by atoms with Crippen molar-refractivity contribution in [1.82, 2.24) is 16.0 Å². The lowest BCUT2D eigenvalue weighted by atomic mass is 9.88. The molecule has 0 bridgehead atoms. The average Bonchev–Trinajstić information content (AvgIpc) is 0.705. The van der Waals surface area contributed by atoms with Crippen LogP contribution in [0.25, 0.3) is 0 Å². The molecule has 3 amide bonds. The van der Waals surface area contributed by atoms with Crippen molar-refractivity contribution in [2.45, 2.75) is 203 Å². The first-order valence-electron chi connectivity index (χ1n) is 38.0. The molecule has 0 aliphatic carbocycles. The number of benzene rings is 6. The molecule has 9 rings (SSSR count). The van der Waals surface area contributed by atoms with Crippen LogP contribution in [0.4, 0.5) is 74.6 Å². The normalized spacial score (nSPS) is 24.0. The minimum absolute atomic E-state index is 0.0960. The zero-order chi connectivity index (χ0) is 93.2. The standard InChI is InChI=1S/C81H79Cl9F17N3O17/c82-72(83,84)68(112)108-56-63(121-43-51-30-15-5-16-31-51)60(118-40-48-24-9-2-10-25-48)54(126-65(56)116-37-20-19-35-115-36-21-34-71(91,92)75(93,94)76(95,96)77(97,98)78(99,100)79(101,102)80(103,104)81(105,106)107)45-124-67-58(110-70(114)74(88,89)90)64(122-44-52-32-17-6-18-33-52)61(119-41-49-26-11-3-12-27-49)55(127-67)46-123-66-57(109-69(113)73(85,86)87)62(120-42-50-28-13-4-14-29-50)59(53(38-111)125-66)117-39-47-22-7-1-8-23-47/h1-20,22-33,53-67,111H,21,34-46H2,(H,108,112)(H,109,113)(H,110,114)/b20-19-/t53-,54-,55-,56-,57-,58-,59-,60-,61-,62-,63-,64-,65-,66-,67-/m1/s1. The summed E-state index contributed by atoms with van der Waals surface area (Å²) < 4.78 is 315. The van der Waals surface area contributed by atoms with Gasteiger partial charge in [-0.25, -0.2) is 0 Å². The summed E-state index contributed by atoms with van der Waals surface area (Å²) in [6, 6.07) is 46.4. The molecule has 0 radical (unpaired) electrons. The van der Waals surface area contributed by atoms with E-state index >= 15 is 0 Å². The Kier molecular flexibility index (Phi) is 37.5. The molecule has 3 aliphatic heterocycles. The number of halogens is 26. The Balaban J connectivity index is 1.07. The predicted octanol–water partition coefficient (Wildman–Crippen LogP) is 17.6. The molecule has 6 aromatic carbocycles. The van der Waals surface area contributed by atoms with E-state index in [4.69, 9.17) is 166 Å². The van der Waals surface area contributed by atoms with E-state index in [1.165, 1.54) is 0 Å². The lowest BCUT2D eigenvalue weighted by molar-refractivity contribution is -0.461. The number of aliphatic hydroxyl groups is 1. The lowest BCUT2D eigenvalue weighted by Crippen LogP contribution is -2.74. The highest BCUT2D eigenvalue weighted by molar-refractivity contribution is 6.77. The number of rotatable bonds is 43. The summed E-state index contributed by atoms with van der Waals surface area (Å²) in [5.74, 6) is -61.4. The summed E-state index contributed by atoms with van der Waals surface area (Å²) in [5.41, 5.74) is 3.43. The molecule has 20 nitrogen and oxygen atoms in total. The van der Waals surface area contributed by atoms with Gasteiger partial charge in [0.15, 0.2) is 18.9 Å². The van der Waals surface area contributed by atoms with Crippen LogP contribution in [0.3, 0.4) is 0 Å². The molecule has 15 atom stereocenters. The van der Waals surface area contributed by atoms with Gasteiger partial charge in [-0.05, 0) is 39.8 Å². The number of nitrogens with one attached hydrogen (secondary N) is 3. The van der Waals surface area contributed by atoms with Gasteiger partial charge in [0.25, 0.3) is 29.1 Å². The van der Waals surface area contributed by atoms with Gasteiger partial charge < -0.3 is 82.6 Å². The van der Waals surface area contributed by atoms with Gasteiger partial charge >= 0.3 is 47.6 Å². The molecular formula is C81H79Cl9F17N3O17. The Hall–Kier alpha value is -5.67. The minimum atomic E-state index is -8.80. The zero-order valence-corrected chi connectivity index (χ0v) is 72.1. The van der Waals surface area contributed by atoms with Crippen molar-refractivity contribution in [3.05, 3.63) is 228 Å². The molecule has 0 saturated carbocycles. The van der Waals surface area contributed by atoms with E-state index in [-0.39, 0.29) is 39.6 Å². The highest BCUT2D eigenvalue weighted by atomic mass is 35.6. The van der Waals surface area contributed by atoms with Gasteiger partial charge in [0.05, 0.1) is 72.7 Å². The maximum atomic E-state index is 14.9. The molecule has 0 spiro atoms. The molecule has 702 valence electrons. The molecule has 127 heavy (non-hydrogen) atoms. The number of amides is 3. The average molecular weight is 2010 g/mol. The van der Waals surface area contributed by atoms with Crippen LogP contribution in [-0.2, 0) is 116 Å². The topological polar surface area (TPSA) is 228 Å². The van der Waals surface area contributed by atoms with Crippen LogP contribution >= 0.6 is 104 Å². The summed E-state index contributed by atoms with van der Waals surface area (Å²) >= 11 is 56.5. The first kappa shape index (κ1) is 105. The molecule has 4 N–H and O–H groups in total. The summed E-state index contributed by atoms with van der Waals surface area (Å²) in [5, 5.41) is 19.2. The number of hydrogen-bond acceptors (Lipinski definition) is 17. The Morgan fingerprint density at radius 2 is 0.583 bits per heavy atom. The summed E-state index contributed by atoms with van der Waals surface area (Å²) in [7, 11) is 0. The maximum Gasteiger partial charge on any atom is 0.460 e. The molecule has 0 aromatic heterocycles. The van der Waals surface area contributed by atoms with Crippen LogP contribution in [0.5, 0.6) is 0 Å². The van der Waals surface area contributed by atoms with E-state index in [2.05, 4.69) is 16.0 Å². The molecule has 3 aliphatic rings. The van der Waals surface area contributed by atoms with Crippen molar-refractivity contribution >= 4 is 122 Å². The number of carbonyl (C=O) groups is 3. The second-order valence-electron chi connectivity index (χ2n) is 28.7. The molecule has 3 saturated heterocycles. The third-order valence-electron chi connectivity index (χ3n) is 19.6. The Morgan fingerprint density at radius 3 is 0.866 bits per heavy atom. The first-order chi connectivity index (χ1) is 59.6. The lowest BCUT2D eigenvalue weighted by Gasteiger charge is -2.49. The third kappa shape index (κ3) is 26.9. The second kappa shape index (κ2) is 45.4. The van der Waals surface area contributed by atoms with Crippen LogP contribution in [0.2, 0.25) is 0 Å². The van der Waals surface area contributed by atoms with Crippen molar-refractivity contribution in [1.29, 1.82) is 0 Å². The van der Waals surface area contributed by atoms with E-state index in [1.807, 2.05) is 0 Å². The number of aliphatic hydroxyl groups excluding tert-OH is 1. The van der Waals surface area contributed by atoms with Crippen molar-refractivity contribution in [2.24, 2.45) is 0 Å². The summed E-state index contributed by atoms with van der Waals surface area (Å²) in [4.78, 5) is 42.7. The zero-order valence-electron chi connectivity index (χ0n) is 65.3. The van der Waals surface area contributed by atoms with E-state index in [1.54, 1.807) is 182 Å². The number of ether oxygens (including phenoxy) is 13. The SMILES string of the molecule is O=C(N[C@H]1[C@H](OC[C@H]2O[C@@H](OC[C@H]3O[C@@H](OC/C=C\COCCCC(F)(F)C(F)(F)C(F)(F)C(F)(F)C(F)(F)C(F)(F)C(F)(F)C(F)(F)F)[C@H](NC(=O)C(Cl)(Cl)Cl)[C@@H](OCc4ccccc4)[C@@H]3OCc3ccccc3)[C@H](NC(=O)C(Cl)(Cl)Cl)[C@@H](OCc3ccccc3)[C@@H]2OCc2ccccc2)O[C@H](CO)[C@@H](OCc2ccccc2)[C@@H]1OCc1ccccc1)C(Cl)(Cl)Cl. The van der Waals surface area contributed by atoms with Gasteiger partial charge in [-0.15, -0.1) is 0 Å². The Bertz CT molecular complexity index is 4430. The highest BCUT2D eigenvalue weighted by Gasteiger charge is 2.95. The number of carbonyl (C=O) groups excluding carboxylic acids is 3. The van der Waals surface area contributed by atoms with Crippen LogP contribution < -0.4 is 16.0 Å². The summed E-state index contributed by atoms with van der Waals surface area (Å²) in [6.07, 6.45) is -29.0. The maximum absolute atomic E-state index is 14.9. The van der Waals surface area contributed by atoms with E-state index in [0.29, 0.717) is 33.4 Å². The fraction of sp³-hybridized carbons (Fsp3) is 0.494. The Labute approximate surface area is 759 Å². The third-order valence-corrected chi connectivity index (χ3v) is 21.2. The van der Waals surface area contributed by atoms with Gasteiger partial charge in [-0.1, -0.05) is 299 Å². The van der Waals surface area contributed by atoms with E-state index in [9.17, 15) is 94.1 Å². The quantitative estimate of drug-likeness (QED) is 0.0121.